The van der Waals surface area contributed by atoms with Gasteiger partial charge in [0.25, 0.3) is 0 Å². The van der Waals surface area contributed by atoms with E-state index < -0.39 is 6.04 Å². The minimum absolute atomic E-state index is 0.171. The summed E-state index contributed by atoms with van der Waals surface area (Å²) in [6, 6.07) is 4.38. The Morgan fingerprint density at radius 1 is 1.35 bits per heavy atom. The van der Waals surface area contributed by atoms with Crippen LogP contribution in [0.25, 0.3) is 0 Å². The Morgan fingerprint density at radius 2 is 2.10 bits per heavy atom. The average molecular weight is 273 g/mol. The molecule has 0 radical (unpaired) electrons. The predicted octanol–water partition coefficient (Wildman–Crippen LogP) is 1.07. The van der Waals surface area contributed by atoms with Gasteiger partial charge in [0.1, 0.15) is 13.2 Å². The van der Waals surface area contributed by atoms with Gasteiger partial charge in [-0.3, -0.25) is 9.48 Å². The molecule has 2 N–H and O–H groups in total. The summed E-state index contributed by atoms with van der Waals surface area (Å²) in [5, 5.41) is 4.02. The number of hydrogen-bond acceptors (Lipinski definition) is 5. The Hall–Kier alpha value is -2.34. The number of benzene rings is 1. The first-order valence-corrected chi connectivity index (χ1v) is 6.33. The van der Waals surface area contributed by atoms with Crippen LogP contribution in [0.5, 0.6) is 11.5 Å². The fourth-order valence-corrected chi connectivity index (χ4v) is 2.13. The lowest BCUT2D eigenvalue weighted by molar-refractivity contribution is 0.0960. The molecule has 1 unspecified atom stereocenters. The van der Waals surface area contributed by atoms with Crippen molar-refractivity contribution in [1.82, 2.24) is 9.78 Å². The van der Waals surface area contributed by atoms with Gasteiger partial charge in [0.15, 0.2) is 17.3 Å². The molecule has 0 amide bonds. The molecule has 1 atom stereocenters. The third kappa shape index (κ3) is 2.25. The Balaban J connectivity index is 1.86. The molecule has 0 saturated carbocycles. The summed E-state index contributed by atoms with van der Waals surface area (Å²) in [7, 11) is 1.78. The van der Waals surface area contributed by atoms with Crippen LogP contribution in [0.1, 0.15) is 22.0 Å². The van der Waals surface area contributed by atoms with Crippen molar-refractivity contribution in [3.63, 3.8) is 0 Å². The normalized spacial score (nSPS) is 14.9. The number of Topliss-reactive ketones (excluding diaryl/α,β-unsaturated/α-hetero) is 1. The molecule has 1 aromatic carbocycles. The number of rotatable bonds is 3. The summed E-state index contributed by atoms with van der Waals surface area (Å²) in [6.45, 7) is 1.01. The quantitative estimate of drug-likeness (QED) is 0.846. The van der Waals surface area contributed by atoms with Gasteiger partial charge in [0.2, 0.25) is 0 Å². The van der Waals surface area contributed by atoms with Crippen molar-refractivity contribution in [3.8, 4) is 11.5 Å². The van der Waals surface area contributed by atoms with Gasteiger partial charge in [-0.2, -0.15) is 5.10 Å². The van der Waals surface area contributed by atoms with Crippen molar-refractivity contribution in [1.29, 1.82) is 0 Å². The number of carbonyl (C=O) groups is 1. The number of aromatic nitrogens is 2. The van der Waals surface area contributed by atoms with E-state index in [1.54, 1.807) is 42.3 Å². The summed E-state index contributed by atoms with van der Waals surface area (Å²) >= 11 is 0. The standard InChI is InChI=1S/C14H15N3O3/c1-17-8-10(7-16-17)13(15)14(18)9-2-3-11-12(6-9)20-5-4-19-11/h2-3,6-8,13H,4-5,15H2,1H3. The van der Waals surface area contributed by atoms with Crippen LogP contribution in [0.2, 0.25) is 0 Å². The van der Waals surface area contributed by atoms with Crippen LogP contribution >= 0.6 is 0 Å². The van der Waals surface area contributed by atoms with Crippen LogP contribution in [0.3, 0.4) is 0 Å². The Bertz CT molecular complexity index is 651. The highest BCUT2D eigenvalue weighted by atomic mass is 16.6. The van der Waals surface area contributed by atoms with Gasteiger partial charge in [-0.1, -0.05) is 0 Å². The molecular formula is C14H15N3O3. The molecular weight excluding hydrogens is 258 g/mol. The van der Waals surface area contributed by atoms with E-state index >= 15 is 0 Å². The average Bonchev–Trinajstić information content (AvgIpc) is 2.92. The predicted molar refractivity (Wildman–Crippen MR) is 71.9 cm³/mol. The molecule has 3 rings (SSSR count). The van der Waals surface area contributed by atoms with Gasteiger partial charge in [0.05, 0.1) is 12.2 Å². The van der Waals surface area contributed by atoms with E-state index in [0.29, 0.717) is 35.8 Å². The monoisotopic (exact) mass is 273 g/mol. The first kappa shape index (κ1) is 12.7. The topological polar surface area (TPSA) is 79.4 Å². The van der Waals surface area contributed by atoms with Crippen molar-refractivity contribution >= 4 is 5.78 Å². The minimum atomic E-state index is -0.730. The minimum Gasteiger partial charge on any atom is -0.486 e. The summed E-state index contributed by atoms with van der Waals surface area (Å²) in [5.41, 5.74) is 7.18. The van der Waals surface area contributed by atoms with Gasteiger partial charge in [-0.25, -0.2) is 0 Å². The van der Waals surface area contributed by atoms with Gasteiger partial charge in [0, 0.05) is 24.4 Å². The highest BCUT2D eigenvalue weighted by Crippen LogP contribution is 2.31. The lowest BCUT2D eigenvalue weighted by Gasteiger charge is -2.19. The fraction of sp³-hybridized carbons (Fsp3) is 0.286. The van der Waals surface area contributed by atoms with Crippen LogP contribution in [0.15, 0.2) is 30.6 Å². The Labute approximate surface area is 116 Å². The molecule has 1 aromatic heterocycles. The molecule has 6 heteroatoms. The number of ether oxygens (including phenoxy) is 2. The van der Waals surface area contributed by atoms with Crippen molar-refractivity contribution < 1.29 is 14.3 Å². The molecule has 0 fully saturated rings. The van der Waals surface area contributed by atoms with E-state index in [-0.39, 0.29) is 5.78 Å². The molecule has 2 aromatic rings. The zero-order chi connectivity index (χ0) is 14.1. The van der Waals surface area contributed by atoms with Crippen molar-refractivity contribution in [3.05, 3.63) is 41.7 Å². The maximum absolute atomic E-state index is 12.4. The summed E-state index contributed by atoms with van der Waals surface area (Å²) in [4.78, 5) is 12.4. The van der Waals surface area contributed by atoms with Gasteiger partial charge in [-0.05, 0) is 18.2 Å². The zero-order valence-corrected chi connectivity index (χ0v) is 11.1. The van der Waals surface area contributed by atoms with Crippen LogP contribution < -0.4 is 15.2 Å². The summed E-state index contributed by atoms with van der Waals surface area (Å²) in [5.74, 6) is 1.07. The smallest absolute Gasteiger partial charge is 0.184 e. The number of carbonyl (C=O) groups excluding carboxylic acids is 1. The van der Waals surface area contributed by atoms with Crippen LogP contribution in [0, 0.1) is 0 Å². The Morgan fingerprint density at radius 3 is 2.80 bits per heavy atom. The molecule has 2 heterocycles. The van der Waals surface area contributed by atoms with E-state index in [9.17, 15) is 4.79 Å². The van der Waals surface area contributed by atoms with Crippen LogP contribution in [0.4, 0.5) is 0 Å². The molecule has 0 aliphatic carbocycles. The second-order valence-electron chi connectivity index (χ2n) is 4.65. The van der Waals surface area contributed by atoms with E-state index in [1.807, 2.05) is 0 Å². The zero-order valence-electron chi connectivity index (χ0n) is 11.1. The largest absolute Gasteiger partial charge is 0.486 e. The second-order valence-corrected chi connectivity index (χ2v) is 4.65. The molecule has 0 spiro atoms. The number of nitrogens with zero attached hydrogens (tertiary/aromatic N) is 2. The number of hydrogen-bond donors (Lipinski definition) is 1. The van der Waals surface area contributed by atoms with Crippen molar-refractivity contribution in [2.75, 3.05) is 13.2 Å². The van der Waals surface area contributed by atoms with Gasteiger partial charge < -0.3 is 15.2 Å². The first-order valence-electron chi connectivity index (χ1n) is 6.33. The molecule has 0 bridgehead atoms. The Kier molecular flexibility index (Phi) is 3.15. The third-order valence-electron chi connectivity index (χ3n) is 3.19. The van der Waals surface area contributed by atoms with Crippen molar-refractivity contribution in [2.45, 2.75) is 6.04 Å². The second kappa shape index (κ2) is 4.97. The third-order valence-corrected chi connectivity index (χ3v) is 3.19. The molecule has 20 heavy (non-hydrogen) atoms. The number of ketones is 1. The van der Waals surface area contributed by atoms with E-state index in [0.717, 1.165) is 0 Å². The molecule has 0 saturated heterocycles. The maximum Gasteiger partial charge on any atom is 0.184 e. The maximum atomic E-state index is 12.4. The lowest BCUT2D eigenvalue weighted by Crippen LogP contribution is -2.22. The molecule has 1 aliphatic rings. The summed E-state index contributed by atoms with van der Waals surface area (Å²) in [6.07, 6.45) is 3.33. The molecule has 1 aliphatic heterocycles. The number of nitrogens with two attached hydrogens (primary N) is 1. The molecule has 6 nitrogen and oxygen atoms in total. The van der Waals surface area contributed by atoms with E-state index in [4.69, 9.17) is 15.2 Å². The van der Waals surface area contributed by atoms with E-state index in [1.165, 1.54) is 0 Å². The first-order chi connectivity index (χ1) is 9.65. The SMILES string of the molecule is Cn1cc(C(N)C(=O)c2ccc3c(c2)OCCO3)cn1. The number of aryl methyl sites for hydroxylation is 1. The van der Waals surface area contributed by atoms with Crippen LogP contribution in [-0.2, 0) is 7.05 Å². The molecule has 104 valence electrons. The van der Waals surface area contributed by atoms with Gasteiger partial charge in [-0.15, -0.1) is 0 Å². The van der Waals surface area contributed by atoms with Crippen LogP contribution in [-0.4, -0.2) is 28.8 Å². The van der Waals surface area contributed by atoms with Gasteiger partial charge >= 0.3 is 0 Å². The van der Waals surface area contributed by atoms with E-state index in [2.05, 4.69) is 5.10 Å². The lowest BCUT2D eigenvalue weighted by atomic mass is 10.0. The highest BCUT2D eigenvalue weighted by molar-refractivity contribution is 6.01. The van der Waals surface area contributed by atoms with Crippen molar-refractivity contribution in [2.24, 2.45) is 12.8 Å². The highest BCUT2D eigenvalue weighted by Gasteiger charge is 2.21. The summed E-state index contributed by atoms with van der Waals surface area (Å²) < 4.78 is 12.5. The number of fused-ring (bicyclic) bond motifs is 1. The fourth-order valence-electron chi connectivity index (χ4n) is 2.13.